The summed E-state index contributed by atoms with van der Waals surface area (Å²) < 4.78 is 0. The van der Waals surface area contributed by atoms with E-state index in [1.54, 1.807) is 0 Å². The maximum absolute atomic E-state index is 12.7. The van der Waals surface area contributed by atoms with Crippen LogP contribution in [0.4, 0.5) is 0 Å². The molecule has 0 spiro atoms. The van der Waals surface area contributed by atoms with Gasteiger partial charge in [0.05, 0.1) is 5.92 Å². The first-order chi connectivity index (χ1) is 8.65. The van der Waals surface area contributed by atoms with Gasteiger partial charge < -0.3 is 10.6 Å². The number of nitrogens with zero attached hydrogens (tertiary/aromatic N) is 1. The van der Waals surface area contributed by atoms with Crippen molar-refractivity contribution < 1.29 is 4.79 Å². The van der Waals surface area contributed by atoms with Crippen molar-refractivity contribution in [2.24, 2.45) is 17.6 Å². The summed E-state index contributed by atoms with van der Waals surface area (Å²) in [5.74, 6) is 0.930. The van der Waals surface area contributed by atoms with Crippen molar-refractivity contribution in [1.29, 1.82) is 0 Å². The lowest BCUT2D eigenvalue weighted by Gasteiger charge is -2.41. The molecule has 0 bridgehead atoms. The van der Waals surface area contributed by atoms with Crippen molar-refractivity contribution in [3.8, 4) is 0 Å². The van der Waals surface area contributed by atoms with Gasteiger partial charge in [-0.2, -0.15) is 0 Å². The summed E-state index contributed by atoms with van der Waals surface area (Å²) in [6.07, 6.45) is 8.05. The summed E-state index contributed by atoms with van der Waals surface area (Å²) >= 11 is 0. The van der Waals surface area contributed by atoms with Gasteiger partial charge in [-0.05, 0) is 44.4 Å². The lowest BCUT2D eigenvalue weighted by Crippen LogP contribution is -2.52. The first-order valence-electron chi connectivity index (χ1n) is 7.71. The topological polar surface area (TPSA) is 46.3 Å². The number of nitrogens with two attached hydrogens (primary N) is 1. The quantitative estimate of drug-likeness (QED) is 0.821. The van der Waals surface area contributed by atoms with Crippen LogP contribution in [0, 0.1) is 11.8 Å². The molecule has 0 aromatic rings. The van der Waals surface area contributed by atoms with Gasteiger partial charge in [0, 0.05) is 18.6 Å². The Balaban J connectivity index is 2.04. The molecule has 18 heavy (non-hydrogen) atoms. The van der Waals surface area contributed by atoms with Gasteiger partial charge >= 0.3 is 0 Å². The molecule has 2 N–H and O–H groups in total. The molecule has 2 rings (SSSR count). The van der Waals surface area contributed by atoms with E-state index in [2.05, 4.69) is 18.7 Å². The number of likely N-dealkylation sites (tertiary alicyclic amines) is 1. The second-order valence-corrected chi connectivity index (χ2v) is 6.18. The minimum Gasteiger partial charge on any atom is -0.339 e. The standard InChI is InChI=1S/C15H28N2O/c1-3-12-8-4-5-10-17(12)15(18)13-9-6-7-11(2)14(13)16/h11-14H,3-10,16H2,1-2H3. The molecule has 2 aliphatic rings. The Kier molecular flexibility index (Phi) is 4.66. The molecule has 104 valence electrons. The number of amides is 1. The molecule has 3 heteroatoms. The summed E-state index contributed by atoms with van der Waals surface area (Å²) in [6, 6.07) is 0.543. The number of piperidine rings is 1. The normalized spacial score (nSPS) is 37.6. The van der Waals surface area contributed by atoms with Crippen LogP contribution in [0.5, 0.6) is 0 Å². The first kappa shape index (κ1) is 13.9. The maximum Gasteiger partial charge on any atom is 0.227 e. The van der Waals surface area contributed by atoms with E-state index in [1.807, 2.05) is 0 Å². The van der Waals surface area contributed by atoms with Crippen molar-refractivity contribution in [2.75, 3.05) is 6.54 Å². The molecule has 1 aliphatic heterocycles. The highest BCUT2D eigenvalue weighted by atomic mass is 16.2. The minimum atomic E-state index is 0.0747. The van der Waals surface area contributed by atoms with Crippen LogP contribution in [-0.2, 0) is 4.79 Å². The van der Waals surface area contributed by atoms with E-state index in [0.29, 0.717) is 17.9 Å². The van der Waals surface area contributed by atoms with E-state index >= 15 is 0 Å². The molecular formula is C15H28N2O. The van der Waals surface area contributed by atoms with Crippen LogP contribution < -0.4 is 5.73 Å². The highest BCUT2D eigenvalue weighted by Crippen LogP contribution is 2.31. The van der Waals surface area contributed by atoms with Crippen LogP contribution in [0.15, 0.2) is 0 Å². The summed E-state index contributed by atoms with van der Waals surface area (Å²) in [6.45, 7) is 5.34. The fraction of sp³-hybridized carbons (Fsp3) is 0.933. The van der Waals surface area contributed by atoms with E-state index in [9.17, 15) is 4.79 Å². The molecule has 4 atom stereocenters. The highest BCUT2D eigenvalue weighted by molar-refractivity contribution is 5.80. The summed E-state index contributed by atoms with van der Waals surface area (Å²) in [7, 11) is 0. The molecule has 1 saturated carbocycles. The SMILES string of the molecule is CCC1CCCCN1C(=O)C1CCCC(C)C1N. The second kappa shape index (κ2) is 6.05. The van der Waals surface area contributed by atoms with Gasteiger partial charge in [-0.1, -0.05) is 20.3 Å². The van der Waals surface area contributed by atoms with Gasteiger partial charge in [-0.25, -0.2) is 0 Å². The predicted molar refractivity (Wildman–Crippen MR) is 74.1 cm³/mol. The average molecular weight is 252 g/mol. The Hall–Kier alpha value is -0.570. The zero-order valence-electron chi connectivity index (χ0n) is 11.9. The average Bonchev–Trinajstić information content (AvgIpc) is 2.41. The Morgan fingerprint density at radius 2 is 2.00 bits per heavy atom. The van der Waals surface area contributed by atoms with E-state index in [4.69, 9.17) is 5.73 Å². The number of hydrogen-bond donors (Lipinski definition) is 1. The van der Waals surface area contributed by atoms with E-state index in [-0.39, 0.29) is 12.0 Å². The van der Waals surface area contributed by atoms with Crippen molar-refractivity contribution in [2.45, 2.75) is 70.9 Å². The fourth-order valence-electron chi connectivity index (χ4n) is 3.66. The lowest BCUT2D eigenvalue weighted by molar-refractivity contribution is -0.141. The molecule has 1 aliphatic carbocycles. The Labute approximate surface area is 111 Å². The molecule has 1 amide bonds. The van der Waals surface area contributed by atoms with Crippen LogP contribution in [0.3, 0.4) is 0 Å². The van der Waals surface area contributed by atoms with Crippen LogP contribution >= 0.6 is 0 Å². The fourth-order valence-corrected chi connectivity index (χ4v) is 3.66. The van der Waals surface area contributed by atoms with Gasteiger partial charge in [0.15, 0.2) is 0 Å². The summed E-state index contributed by atoms with van der Waals surface area (Å²) in [5.41, 5.74) is 6.27. The molecule has 0 aromatic carbocycles. The summed E-state index contributed by atoms with van der Waals surface area (Å²) in [4.78, 5) is 14.9. The molecule has 4 unspecified atom stereocenters. The molecule has 1 saturated heterocycles. The molecule has 2 fully saturated rings. The smallest absolute Gasteiger partial charge is 0.227 e. The second-order valence-electron chi connectivity index (χ2n) is 6.18. The van der Waals surface area contributed by atoms with Gasteiger partial charge in [-0.3, -0.25) is 4.79 Å². The van der Waals surface area contributed by atoms with Gasteiger partial charge in [0.1, 0.15) is 0 Å². The molecule has 0 aromatic heterocycles. The first-order valence-corrected chi connectivity index (χ1v) is 7.71. The zero-order valence-corrected chi connectivity index (χ0v) is 11.9. The number of rotatable bonds is 2. The van der Waals surface area contributed by atoms with Gasteiger partial charge in [0.25, 0.3) is 0 Å². The van der Waals surface area contributed by atoms with Crippen LogP contribution in [-0.4, -0.2) is 29.4 Å². The lowest BCUT2D eigenvalue weighted by atomic mass is 9.77. The third-order valence-electron chi connectivity index (χ3n) is 4.99. The third-order valence-corrected chi connectivity index (χ3v) is 4.99. The van der Waals surface area contributed by atoms with Crippen molar-refractivity contribution in [3.05, 3.63) is 0 Å². The zero-order chi connectivity index (χ0) is 13.1. The van der Waals surface area contributed by atoms with Crippen LogP contribution in [0.2, 0.25) is 0 Å². The van der Waals surface area contributed by atoms with Gasteiger partial charge in [0.2, 0.25) is 5.91 Å². The molecule has 1 heterocycles. The van der Waals surface area contributed by atoms with E-state index in [0.717, 1.165) is 25.8 Å². The van der Waals surface area contributed by atoms with Crippen molar-refractivity contribution >= 4 is 5.91 Å². The maximum atomic E-state index is 12.7. The monoisotopic (exact) mass is 252 g/mol. The number of carbonyl (C=O) groups excluding carboxylic acids is 1. The largest absolute Gasteiger partial charge is 0.339 e. The third kappa shape index (κ3) is 2.71. The van der Waals surface area contributed by atoms with Gasteiger partial charge in [-0.15, -0.1) is 0 Å². The van der Waals surface area contributed by atoms with Crippen molar-refractivity contribution in [3.63, 3.8) is 0 Å². The predicted octanol–water partition coefficient (Wildman–Crippen LogP) is 2.54. The van der Waals surface area contributed by atoms with Crippen molar-refractivity contribution in [1.82, 2.24) is 4.90 Å². The Morgan fingerprint density at radius 1 is 1.22 bits per heavy atom. The Morgan fingerprint density at radius 3 is 2.72 bits per heavy atom. The highest BCUT2D eigenvalue weighted by Gasteiger charge is 2.37. The molecule has 3 nitrogen and oxygen atoms in total. The van der Waals surface area contributed by atoms with Crippen LogP contribution in [0.25, 0.3) is 0 Å². The molecule has 0 radical (unpaired) electrons. The van der Waals surface area contributed by atoms with E-state index in [1.165, 1.54) is 25.7 Å². The van der Waals surface area contributed by atoms with Crippen LogP contribution in [0.1, 0.15) is 58.8 Å². The summed E-state index contributed by atoms with van der Waals surface area (Å²) in [5, 5.41) is 0. The molecular weight excluding hydrogens is 224 g/mol. The Bertz CT molecular complexity index is 282. The minimum absolute atomic E-state index is 0.0747. The van der Waals surface area contributed by atoms with E-state index < -0.39 is 0 Å². The number of carbonyl (C=O) groups is 1. The number of hydrogen-bond acceptors (Lipinski definition) is 2.